The Balaban J connectivity index is 1.65. The maximum Gasteiger partial charge on any atom is 0.223 e. The van der Waals surface area contributed by atoms with E-state index >= 15 is 0 Å². The fourth-order valence-electron chi connectivity index (χ4n) is 2.69. The first-order valence-corrected chi connectivity index (χ1v) is 9.70. The van der Waals surface area contributed by atoms with E-state index < -0.39 is 0 Å². The molecule has 1 aliphatic carbocycles. The number of hydrogen-bond donors (Lipinski definition) is 3. The molecule has 0 atom stereocenters. The van der Waals surface area contributed by atoms with Gasteiger partial charge in [0, 0.05) is 57.9 Å². The summed E-state index contributed by atoms with van der Waals surface area (Å²) in [5.74, 6) is 1.95. The first kappa shape index (κ1) is 21.0. The largest absolute Gasteiger partial charge is 0.493 e. The van der Waals surface area contributed by atoms with Crippen molar-refractivity contribution in [3.8, 4) is 5.75 Å². The van der Waals surface area contributed by atoms with E-state index in [0.717, 1.165) is 43.7 Å². The highest BCUT2D eigenvalue weighted by atomic mass is 16.5. The van der Waals surface area contributed by atoms with Gasteiger partial charge in [-0.15, -0.1) is 0 Å². The molecule has 7 nitrogen and oxygen atoms in total. The summed E-state index contributed by atoms with van der Waals surface area (Å²) >= 11 is 0. The molecule has 1 aromatic carbocycles. The highest BCUT2D eigenvalue weighted by molar-refractivity contribution is 5.93. The summed E-state index contributed by atoms with van der Waals surface area (Å²) in [5.41, 5.74) is 0.908. The summed E-state index contributed by atoms with van der Waals surface area (Å²) in [6, 6.07) is 7.78. The molecule has 150 valence electrons. The Kier molecular flexibility index (Phi) is 9.48. The number of methoxy groups -OCH3 is 1. The van der Waals surface area contributed by atoms with Crippen molar-refractivity contribution >= 4 is 17.6 Å². The van der Waals surface area contributed by atoms with Crippen LogP contribution in [-0.4, -0.2) is 52.3 Å². The van der Waals surface area contributed by atoms with Crippen LogP contribution >= 0.6 is 0 Å². The van der Waals surface area contributed by atoms with Crippen molar-refractivity contribution in [3.63, 3.8) is 0 Å². The number of rotatable bonds is 11. The zero-order valence-corrected chi connectivity index (χ0v) is 16.4. The zero-order chi connectivity index (χ0) is 19.3. The van der Waals surface area contributed by atoms with E-state index in [9.17, 15) is 4.79 Å². The predicted molar refractivity (Wildman–Crippen MR) is 108 cm³/mol. The van der Waals surface area contributed by atoms with Crippen LogP contribution in [0, 0.1) is 5.92 Å². The van der Waals surface area contributed by atoms with Gasteiger partial charge >= 0.3 is 0 Å². The van der Waals surface area contributed by atoms with Crippen LogP contribution in [0.15, 0.2) is 29.3 Å². The second-order valence-corrected chi connectivity index (χ2v) is 6.62. The van der Waals surface area contributed by atoms with Crippen LogP contribution in [0.4, 0.5) is 5.69 Å². The van der Waals surface area contributed by atoms with Crippen LogP contribution in [0.5, 0.6) is 5.75 Å². The first-order valence-electron chi connectivity index (χ1n) is 9.70. The number of aliphatic imine (C=N–C) groups is 1. The number of carbonyl (C=O) groups excluding carboxylic acids is 1. The van der Waals surface area contributed by atoms with Crippen LogP contribution in [0.1, 0.15) is 32.1 Å². The summed E-state index contributed by atoms with van der Waals surface area (Å²) in [6.07, 6.45) is 4.96. The molecule has 1 amide bonds. The van der Waals surface area contributed by atoms with Gasteiger partial charge in [-0.2, -0.15) is 0 Å². The van der Waals surface area contributed by atoms with E-state index in [2.05, 4.69) is 20.9 Å². The number of anilines is 1. The summed E-state index contributed by atoms with van der Waals surface area (Å²) in [6.45, 7) is 2.73. The Labute approximate surface area is 161 Å². The number of carbonyl (C=O) groups is 1. The topological polar surface area (TPSA) is 84.0 Å². The summed E-state index contributed by atoms with van der Waals surface area (Å²) < 4.78 is 10.7. The predicted octanol–water partition coefficient (Wildman–Crippen LogP) is 2.40. The number of ether oxygens (including phenoxy) is 2. The molecule has 0 unspecified atom stereocenters. The summed E-state index contributed by atoms with van der Waals surface area (Å²) in [7, 11) is 3.42. The van der Waals surface area contributed by atoms with Crippen molar-refractivity contribution in [2.45, 2.75) is 32.1 Å². The molecule has 0 radical (unpaired) electrons. The zero-order valence-electron chi connectivity index (χ0n) is 16.4. The van der Waals surface area contributed by atoms with Gasteiger partial charge in [0.15, 0.2) is 5.96 Å². The van der Waals surface area contributed by atoms with E-state index in [1.165, 1.54) is 6.42 Å². The van der Waals surface area contributed by atoms with E-state index in [4.69, 9.17) is 9.47 Å². The number of nitrogens with one attached hydrogen (secondary N) is 3. The van der Waals surface area contributed by atoms with E-state index in [-0.39, 0.29) is 11.8 Å². The van der Waals surface area contributed by atoms with Crippen molar-refractivity contribution in [3.05, 3.63) is 24.3 Å². The maximum atomic E-state index is 11.8. The van der Waals surface area contributed by atoms with E-state index in [1.54, 1.807) is 14.2 Å². The molecule has 1 fully saturated rings. The van der Waals surface area contributed by atoms with Gasteiger partial charge in [0.2, 0.25) is 5.91 Å². The fraction of sp³-hybridized carbons (Fsp3) is 0.600. The van der Waals surface area contributed by atoms with Gasteiger partial charge in [0.25, 0.3) is 0 Å². The van der Waals surface area contributed by atoms with Crippen LogP contribution in [0.2, 0.25) is 0 Å². The van der Waals surface area contributed by atoms with Gasteiger partial charge in [-0.25, -0.2) is 0 Å². The molecule has 0 aliphatic heterocycles. The molecular weight excluding hydrogens is 344 g/mol. The Bertz CT molecular complexity index is 603. The van der Waals surface area contributed by atoms with Crippen molar-refractivity contribution in [2.24, 2.45) is 10.9 Å². The number of nitrogens with zero attached hydrogens (tertiary/aromatic N) is 1. The Morgan fingerprint density at radius 1 is 1.19 bits per heavy atom. The molecule has 7 heteroatoms. The second-order valence-electron chi connectivity index (χ2n) is 6.62. The third-order valence-corrected chi connectivity index (χ3v) is 4.50. The van der Waals surface area contributed by atoms with Crippen molar-refractivity contribution in [1.82, 2.24) is 10.6 Å². The van der Waals surface area contributed by atoms with Crippen molar-refractivity contribution < 1.29 is 14.3 Å². The highest BCUT2D eigenvalue weighted by Crippen LogP contribution is 2.26. The molecule has 3 N–H and O–H groups in total. The number of hydrogen-bond acceptors (Lipinski definition) is 4. The second kappa shape index (κ2) is 12.2. The molecule has 1 aliphatic rings. The Hall–Kier alpha value is -2.28. The highest BCUT2D eigenvalue weighted by Gasteiger charge is 2.24. The van der Waals surface area contributed by atoms with Crippen molar-refractivity contribution in [2.75, 3.05) is 45.8 Å². The van der Waals surface area contributed by atoms with Gasteiger partial charge in [0.05, 0.1) is 6.61 Å². The number of benzene rings is 1. The lowest BCUT2D eigenvalue weighted by Crippen LogP contribution is -2.37. The lowest BCUT2D eigenvalue weighted by Gasteiger charge is -2.24. The quantitative estimate of drug-likeness (QED) is 0.314. The van der Waals surface area contributed by atoms with E-state index in [0.29, 0.717) is 25.7 Å². The van der Waals surface area contributed by atoms with Crippen LogP contribution in [-0.2, 0) is 9.53 Å². The summed E-state index contributed by atoms with van der Waals surface area (Å²) in [5, 5.41) is 9.51. The monoisotopic (exact) mass is 376 g/mol. The van der Waals surface area contributed by atoms with Crippen molar-refractivity contribution in [1.29, 1.82) is 0 Å². The van der Waals surface area contributed by atoms with Crippen LogP contribution in [0.25, 0.3) is 0 Å². The Morgan fingerprint density at radius 2 is 2.00 bits per heavy atom. The van der Waals surface area contributed by atoms with Crippen LogP contribution < -0.4 is 20.7 Å². The van der Waals surface area contributed by atoms with Crippen LogP contribution in [0.3, 0.4) is 0 Å². The van der Waals surface area contributed by atoms with Gasteiger partial charge in [-0.1, -0.05) is 12.5 Å². The summed E-state index contributed by atoms with van der Waals surface area (Å²) in [4.78, 5) is 16.0. The Morgan fingerprint density at radius 3 is 2.70 bits per heavy atom. The third-order valence-electron chi connectivity index (χ3n) is 4.50. The molecule has 1 saturated carbocycles. The minimum absolute atomic E-state index is 0.200. The average molecular weight is 377 g/mol. The molecule has 0 aromatic heterocycles. The minimum atomic E-state index is 0.200. The molecule has 0 saturated heterocycles. The maximum absolute atomic E-state index is 11.8. The molecule has 0 spiro atoms. The van der Waals surface area contributed by atoms with Gasteiger partial charge < -0.3 is 25.4 Å². The lowest BCUT2D eigenvalue weighted by atomic mass is 9.85. The molecule has 0 bridgehead atoms. The van der Waals surface area contributed by atoms with E-state index in [1.807, 2.05) is 24.3 Å². The molecule has 2 rings (SSSR count). The molecule has 27 heavy (non-hydrogen) atoms. The SMILES string of the molecule is CN=C(NCCCNC(=O)C1CCC1)Nc1cccc(OCCCOC)c1. The smallest absolute Gasteiger partial charge is 0.223 e. The van der Waals surface area contributed by atoms with Gasteiger partial charge in [-0.05, 0) is 31.4 Å². The molecule has 1 aromatic rings. The first-order chi connectivity index (χ1) is 13.2. The fourth-order valence-corrected chi connectivity index (χ4v) is 2.69. The standard InChI is InChI=1S/C20H32N4O3/c1-21-20(23-12-5-11-22-19(25)16-7-3-8-16)24-17-9-4-10-18(15-17)27-14-6-13-26-2/h4,9-10,15-16H,3,5-8,11-14H2,1-2H3,(H,22,25)(H2,21,23,24). The molecule has 0 heterocycles. The average Bonchev–Trinajstić information content (AvgIpc) is 2.63. The van der Waals surface area contributed by atoms with Gasteiger partial charge in [0.1, 0.15) is 5.75 Å². The molecular formula is C20H32N4O3. The lowest BCUT2D eigenvalue weighted by molar-refractivity contribution is -0.127. The third kappa shape index (κ3) is 7.86. The number of amides is 1. The minimum Gasteiger partial charge on any atom is -0.493 e. The number of guanidine groups is 1. The normalized spacial score (nSPS) is 14.4. The van der Waals surface area contributed by atoms with Gasteiger partial charge in [-0.3, -0.25) is 9.79 Å².